The van der Waals surface area contributed by atoms with E-state index in [0.717, 1.165) is 25.8 Å². The second kappa shape index (κ2) is 5.20. The maximum absolute atomic E-state index is 11.5. The molecule has 2 N–H and O–H groups in total. The standard InChI is InChI=1S/C10H20N2O2/c1-3-8(2)12-7-5-9(4-6-11)14-10(12)13/h8-9H,3-7,11H2,1-2H3. The van der Waals surface area contributed by atoms with Gasteiger partial charge in [0, 0.05) is 19.0 Å². The molecule has 14 heavy (non-hydrogen) atoms. The lowest BCUT2D eigenvalue weighted by Crippen LogP contribution is -2.46. The number of carbonyl (C=O) groups excluding carboxylic acids is 1. The average molecular weight is 200 g/mol. The molecule has 1 aliphatic heterocycles. The highest BCUT2D eigenvalue weighted by molar-refractivity contribution is 5.68. The molecule has 4 nitrogen and oxygen atoms in total. The molecule has 0 aliphatic carbocycles. The van der Waals surface area contributed by atoms with Crippen LogP contribution in [-0.4, -0.2) is 36.2 Å². The predicted octanol–water partition coefficient (Wildman–Crippen LogP) is 1.34. The number of hydrogen-bond acceptors (Lipinski definition) is 3. The Morgan fingerprint density at radius 2 is 2.43 bits per heavy atom. The highest BCUT2D eigenvalue weighted by atomic mass is 16.6. The van der Waals surface area contributed by atoms with E-state index in [0.29, 0.717) is 6.54 Å². The van der Waals surface area contributed by atoms with Crippen LogP contribution in [0.3, 0.4) is 0 Å². The molecule has 0 spiro atoms. The van der Waals surface area contributed by atoms with Crippen molar-refractivity contribution < 1.29 is 9.53 Å². The van der Waals surface area contributed by atoms with Gasteiger partial charge in [-0.25, -0.2) is 4.79 Å². The van der Waals surface area contributed by atoms with E-state index >= 15 is 0 Å². The van der Waals surface area contributed by atoms with E-state index in [4.69, 9.17) is 10.5 Å². The van der Waals surface area contributed by atoms with E-state index < -0.39 is 0 Å². The van der Waals surface area contributed by atoms with Crippen molar-refractivity contribution in [3.63, 3.8) is 0 Å². The Kier molecular flexibility index (Phi) is 4.20. The smallest absolute Gasteiger partial charge is 0.410 e. The van der Waals surface area contributed by atoms with Crippen LogP contribution in [0.5, 0.6) is 0 Å². The van der Waals surface area contributed by atoms with E-state index in [2.05, 4.69) is 6.92 Å². The zero-order valence-corrected chi connectivity index (χ0v) is 9.03. The van der Waals surface area contributed by atoms with Gasteiger partial charge in [0.1, 0.15) is 6.10 Å². The number of cyclic esters (lactones) is 1. The topological polar surface area (TPSA) is 55.6 Å². The maximum Gasteiger partial charge on any atom is 0.410 e. The fourth-order valence-electron chi connectivity index (χ4n) is 1.65. The summed E-state index contributed by atoms with van der Waals surface area (Å²) >= 11 is 0. The minimum absolute atomic E-state index is 0.0350. The summed E-state index contributed by atoms with van der Waals surface area (Å²) in [5, 5.41) is 0. The van der Waals surface area contributed by atoms with Gasteiger partial charge in [0.15, 0.2) is 0 Å². The molecule has 1 fully saturated rings. The third kappa shape index (κ3) is 2.61. The van der Waals surface area contributed by atoms with Gasteiger partial charge in [-0.1, -0.05) is 6.92 Å². The van der Waals surface area contributed by atoms with Crippen molar-refractivity contribution in [3.05, 3.63) is 0 Å². The van der Waals surface area contributed by atoms with Gasteiger partial charge in [-0.15, -0.1) is 0 Å². The zero-order valence-electron chi connectivity index (χ0n) is 9.03. The van der Waals surface area contributed by atoms with Crippen LogP contribution in [0.15, 0.2) is 0 Å². The summed E-state index contributed by atoms with van der Waals surface area (Å²) in [6, 6.07) is 0.279. The fourth-order valence-corrected chi connectivity index (χ4v) is 1.65. The van der Waals surface area contributed by atoms with Crippen LogP contribution >= 0.6 is 0 Å². The Balaban J connectivity index is 2.43. The highest BCUT2D eigenvalue weighted by Gasteiger charge is 2.28. The maximum atomic E-state index is 11.5. The molecule has 2 unspecified atom stereocenters. The molecule has 4 heteroatoms. The number of nitrogens with zero attached hydrogens (tertiary/aromatic N) is 1. The van der Waals surface area contributed by atoms with Gasteiger partial charge in [0.25, 0.3) is 0 Å². The number of ether oxygens (including phenoxy) is 1. The Morgan fingerprint density at radius 3 is 2.93 bits per heavy atom. The summed E-state index contributed by atoms with van der Waals surface area (Å²) in [4.78, 5) is 13.3. The number of amides is 1. The zero-order chi connectivity index (χ0) is 10.6. The van der Waals surface area contributed by atoms with Gasteiger partial charge in [-0.05, 0) is 26.3 Å². The van der Waals surface area contributed by atoms with Gasteiger partial charge >= 0.3 is 6.09 Å². The first kappa shape index (κ1) is 11.3. The Bertz CT molecular complexity index is 197. The minimum Gasteiger partial charge on any atom is -0.446 e. The van der Waals surface area contributed by atoms with Gasteiger partial charge < -0.3 is 15.4 Å². The van der Waals surface area contributed by atoms with Crippen LogP contribution in [0.4, 0.5) is 4.79 Å². The SMILES string of the molecule is CCC(C)N1CCC(CCN)OC1=O. The first-order valence-corrected chi connectivity index (χ1v) is 5.36. The van der Waals surface area contributed by atoms with Crippen LogP contribution in [0.2, 0.25) is 0 Å². The number of rotatable bonds is 4. The largest absolute Gasteiger partial charge is 0.446 e. The van der Waals surface area contributed by atoms with Gasteiger partial charge in [0.2, 0.25) is 0 Å². The molecule has 1 heterocycles. The summed E-state index contributed by atoms with van der Waals surface area (Å²) in [6.45, 7) is 5.51. The fraction of sp³-hybridized carbons (Fsp3) is 0.900. The van der Waals surface area contributed by atoms with Crippen LogP contribution in [0.1, 0.15) is 33.1 Å². The lowest BCUT2D eigenvalue weighted by molar-refractivity contribution is 0.0109. The molecule has 0 aromatic rings. The first-order valence-electron chi connectivity index (χ1n) is 5.36. The molecule has 0 aromatic carbocycles. The van der Waals surface area contributed by atoms with E-state index in [1.807, 2.05) is 6.92 Å². The van der Waals surface area contributed by atoms with Crippen LogP contribution in [0, 0.1) is 0 Å². The van der Waals surface area contributed by atoms with Crippen molar-refractivity contribution in [2.75, 3.05) is 13.1 Å². The van der Waals surface area contributed by atoms with Crippen molar-refractivity contribution in [1.29, 1.82) is 0 Å². The Labute approximate surface area is 85.4 Å². The molecule has 1 saturated heterocycles. The van der Waals surface area contributed by atoms with Crippen molar-refractivity contribution in [3.8, 4) is 0 Å². The summed E-state index contributed by atoms with van der Waals surface area (Å²) in [7, 11) is 0. The molecule has 1 rings (SSSR count). The monoisotopic (exact) mass is 200 g/mol. The Hall–Kier alpha value is -0.770. The molecular weight excluding hydrogens is 180 g/mol. The van der Waals surface area contributed by atoms with Crippen molar-refractivity contribution >= 4 is 6.09 Å². The van der Waals surface area contributed by atoms with E-state index in [9.17, 15) is 4.79 Å². The lowest BCUT2D eigenvalue weighted by atomic mass is 10.1. The molecule has 2 atom stereocenters. The third-order valence-electron chi connectivity index (χ3n) is 2.81. The second-order valence-electron chi connectivity index (χ2n) is 3.82. The first-order chi connectivity index (χ1) is 6.69. The number of hydrogen-bond donors (Lipinski definition) is 1. The summed E-state index contributed by atoms with van der Waals surface area (Å²) < 4.78 is 5.27. The van der Waals surface area contributed by atoms with Crippen LogP contribution in [-0.2, 0) is 4.74 Å². The quantitative estimate of drug-likeness (QED) is 0.745. The van der Waals surface area contributed by atoms with E-state index in [1.165, 1.54) is 0 Å². The molecule has 0 saturated carbocycles. The highest BCUT2D eigenvalue weighted by Crippen LogP contribution is 2.17. The van der Waals surface area contributed by atoms with Crippen molar-refractivity contribution in [2.45, 2.75) is 45.3 Å². The molecule has 82 valence electrons. The third-order valence-corrected chi connectivity index (χ3v) is 2.81. The summed E-state index contributed by atoms with van der Waals surface area (Å²) in [5.41, 5.74) is 5.42. The summed E-state index contributed by atoms with van der Waals surface area (Å²) in [6.07, 6.45) is 2.51. The molecule has 1 aliphatic rings. The normalized spacial score (nSPS) is 24.6. The number of carbonyl (C=O) groups is 1. The summed E-state index contributed by atoms with van der Waals surface area (Å²) in [5.74, 6) is 0. The lowest BCUT2D eigenvalue weighted by Gasteiger charge is -2.35. The van der Waals surface area contributed by atoms with E-state index in [-0.39, 0.29) is 18.2 Å². The molecule has 0 aromatic heterocycles. The minimum atomic E-state index is -0.177. The predicted molar refractivity (Wildman–Crippen MR) is 55.0 cm³/mol. The molecule has 0 bridgehead atoms. The Morgan fingerprint density at radius 1 is 1.71 bits per heavy atom. The number of nitrogens with two attached hydrogens (primary N) is 1. The van der Waals surface area contributed by atoms with Gasteiger partial charge in [0.05, 0.1) is 0 Å². The second-order valence-corrected chi connectivity index (χ2v) is 3.82. The van der Waals surface area contributed by atoms with Gasteiger partial charge in [-0.3, -0.25) is 0 Å². The van der Waals surface area contributed by atoms with Crippen LogP contribution in [0.25, 0.3) is 0 Å². The van der Waals surface area contributed by atoms with Crippen LogP contribution < -0.4 is 5.73 Å². The molecular formula is C10H20N2O2. The molecule has 0 radical (unpaired) electrons. The molecule has 1 amide bonds. The van der Waals surface area contributed by atoms with E-state index in [1.54, 1.807) is 4.90 Å². The van der Waals surface area contributed by atoms with Gasteiger partial charge in [-0.2, -0.15) is 0 Å². The van der Waals surface area contributed by atoms with Crippen molar-refractivity contribution in [1.82, 2.24) is 4.90 Å². The van der Waals surface area contributed by atoms with Crippen molar-refractivity contribution in [2.24, 2.45) is 5.73 Å². The average Bonchev–Trinajstić information content (AvgIpc) is 2.17.